The number of hydrogen-bond acceptors (Lipinski definition) is 4. The quantitative estimate of drug-likeness (QED) is 0.835. The highest BCUT2D eigenvalue weighted by Gasteiger charge is 2.20. The van der Waals surface area contributed by atoms with Crippen LogP contribution in [-0.2, 0) is 11.2 Å². The lowest BCUT2D eigenvalue weighted by atomic mass is 9.96. The maximum atomic E-state index is 6.06. The molecule has 0 spiro atoms. The number of likely N-dealkylation sites (N-methyl/N-ethyl adjacent to an activating group) is 1. The molecule has 1 heterocycles. The van der Waals surface area contributed by atoms with Crippen molar-refractivity contribution >= 4 is 5.69 Å². The Kier molecular flexibility index (Phi) is 6.03. The first-order chi connectivity index (χ1) is 10.2. The number of benzene rings is 1. The van der Waals surface area contributed by atoms with Crippen LogP contribution in [0.5, 0.6) is 0 Å². The van der Waals surface area contributed by atoms with Crippen molar-refractivity contribution in [2.45, 2.75) is 25.8 Å². The molecule has 0 aliphatic carbocycles. The van der Waals surface area contributed by atoms with Crippen LogP contribution in [-0.4, -0.2) is 51.8 Å². The Morgan fingerprint density at radius 2 is 2.24 bits per heavy atom. The number of hydrogen-bond donors (Lipinski definition) is 1. The van der Waals surface area contributed by atoms with E-state index in [1.54, 1.807) is 7.11 Å². The van der Waals surface area contributed by atoms with Crippen LogP contribution in [0.15, 0.2) is 18.2 Å². The zero-order valence-corrected chi connectivity index (χ0v) is 13.6. The van der Waals surface area contributed by atoms with Crippen molar-refractivity contribution in [3.05, 3.63) is 29.3 Å². The number of nitrogens with zero attached hydrogens (tertiary/aromatic N) is 2. The molecule has 1 aromatic rings. The van der Waals surface area contributed by atoms with Crippen LogP contribution in [0.4, 0.5) is 5.69 Å². The van der Waals surface area contributed by atoms with E-state index in [1.807, 2.05) is 0 Å². The van der Waals surface area contributed by atoms with Gasteiger partial charge in [-0.25, -0.2) is 0 Å². The van der Waals surface area contributed by atoms with Gasteiger partial charge in [0.2, 0.25) is 0 Å². The number of rotatable bonds is 7. The van der Waals surface area contributed by atoms with E-state index in [1.165, 1.54) is 29.7 Å². The van der Waals surface area contributed by atoms with E-state index in [4.69, 9.17) is 10.5 Å². The van der Waals surface area contributed by atoms with Crippen LogP contribution < -0.4 is 10.6 Å². The van der Waals surface area contributed by atoms with Gasteiger partial charge in [-0.2, -0.15) is 0 Å². The lowest BCUT2D eigenvalue weighted by molar-refractivity contribution is 0.125. The van der Waals surface area contributed by atoms with Crippen LogP contribution in [0.3, 0.4) is 0 Å². The third kappa shape index (κ3) is 3.76. The molecule has 0 amide bonds. The molecule has 1 unspecified atom stereocenters. The van der Waals surface area contributed by atoms with Crippen molar-refractivity contribution in [3.8, 4) is 0 Å². The SMILES string of the molecule is CCN(CCOC)C(CN)c1ccc2c(c1)CCCN2C. The second kappa shape index (κ2) is 7.78. The van der Waals surface area contributed by atoms with Crippen molar-refractivity contribution < 1.29 is 4.74 Å². The van der Waals surface area contributed by atoms with E-state index in [2.05, 4.69) is 42.0 Å². The highest BCUT2D eigenvalue weighted by molar-refractivity contribution is 5.56. The molecule has 0 saturated carbocycles. The van der Waals surface area contributed by atoms with Gasteiger partial charge in [-0.3, -0.25) is 4.90 Å². The minimum absolute atomic E-state index is 0.280. The fourth-order valence-electron chi connectivity index (χ4n) is 3.25. The molecule has 0 aromatic heterocycles. The summed E-state index contributed by atoms with van der Waals surface area (Å²) in [6.07, 6.45) is 2.41. The van der Waals surface area contributed by atoms with Gasteiger partial charge in [-0.1, -0.05) is 19.1 Å². The van der Waals surface area contributed by atoms with Crippen molar-refractivity contribution in [2.75, 3.05) is 51.8 Å². The minimum Gasteiger partial charge on any atom is -0.383 e. The highest BCUT2D eigenvalue weighted by atomic mass is 16.5. The molecule has 0 fully saturated rings. The second-order valence-corrected chi connectivity index (χ2v) is 5.79. The Labute approximate surface area is 128 Å². The number of anilines is 1. The standard InChI is InChI=1S/C17H29N3O/c1-4-20(10-11-21-3)17(13-18)15-7-8-16-14(12-15)6-5-9-19(16)2/h7-8,12,17H,4-6,9-11,13,18H2,1-3H3. The largest absolute Gasteiger partial charge is 0.383 e. The predicted octanol–water partition coefficient (Wildman–Crippen LogP) is 2.04. The normalized spacial score (nSPS) is 16.1. The first-order valence-corrected chi connectivity index (χ1v) is 7.98. The molecule has 0 bridgehead atoms. The molecule has 2 N–H and O–H groups in total. The molecule has 0 saturated heterocycles. The zero-order valence-electron chi connectivity index (χ0n) is 13.6. The van der Waals surface area contributed by atoms with Crippen molar-refractivity contribution in [1.82, 2.24) is 4.90 Å². The minimum atomic E-state index is 0.280. The van der Waals surface area contributed by atoms with Crippen LogP contribution in [0.2, 0.25) is 0 Å². The van der Waals surface area contributed by atoms with Gasteiger partial charge < -0.3 is 15.4 Å². The molecule has 1 aliphatic rings. The Balaban J connectivity index is 2.21. The summed E-state index contributed by atoms with van der Waals surface area (Å²) in [7, 11) is 3.93. The summed E-state index contributed by atoms with van der Waals surface area (Å²) in [5, 5.41) is 0. The van der Waals surface area contributed by atoms with Crippen LogP contribution in [0.25, 0.3) is 0 Å². The Hall–Kier alpha value is -1.10. The van der Waals surface area contributed by atoms with Gasteiger partial charge in [0, 0.05) is 45.5 Å². The number of nitrogens with two attached hydrogens (primary N) is 1. The molecular weight excluding hydrogens is 262 g/mol. The maximum Gasteiger partial charge on any atom is 0.0589 e. The summed E-state index contributed by atoms with van der Waals surface area (Å²) in [5.74, 6) is 0. The average molecular weight is 291 g/mol. The lowest BCUT2D eigenvalue weighted by Gasteiger charge is -2.32. The summed E-state index contributed by atoms with van der Waals surface area (Å²) in [6, 6.07) is 7.14. The number of aryl methyl sites for hydroxylation is 1. The van der Waals surface area contributed by atoms with Gasteiger partial charge in [-0.05, 0) is 36.6 Å². The molecule has 4 heteroatoms. The number of ether oxygens (including phenoxy) is 1. The first kappa shape index (κ1) is 16.3. The van der Waals surface area contributed by atoms with E-state index < -0.39 is 0 Å². The fraction of sp³-hybridized carbons (Fsp3) is 0.647. The summed E-state index contributed by atoms with van der Waals surface area (Å²) in [4.78, 5) is 4.75. The van der Waals surface area contributed by atoms with Crippen molar-refractivity contribution in [1.29, 1.82) is 0 Å². The maximum absolute atomic E-state index is 6.06. The van der Waals surface area contributed by atoms with E-state index in [0.717, 1.165) is 26.2 Å². The topological polar surface area (TPSA) is 41.7 Å². The monoisotopic (exact) mass is 291 g/mol. The zero-order chi connectivity index (χ0) is 15.2. The molecule has 0 radical (unpaired) electrons. The van der Waals surface area contributed by atoms with Crippen LogP contribution in [0, 0.1) is 0 Å². The molecule has 21 heavy (non-hydrogen) atoms. The fourth-order valence-corrected chi connectivity index (χ4v) is 3.25. The average Bonchev–Trinajstić information content (AvgIpc) is 2.51. The third-order valence-corrected chi connectivity index (χ3v) is 4.49. The van der Waals surface area contributed by atoms with Gasteiger partial charge >= 0.3 is 0 Å². The van der Waals surface area contributed by atoms with Gasteiger partial charge in [0.05, 0.1) is 6.61 Å². The van der Waals surface area contributed by atoms with Gasteiger partial charge in [0.25, 0.3) is 0 Å². The highest BCUT2D eigenvalue weighted by Crippen LogP contribution is 2.30. The van der Waals surface area contributed by atoms with E-state index in [-0.39, 0.29) is 6.04 Å². The lowest BCUT2D eigenvalue weighted by Crippen LogP contribution is -2.36. The molecule has 2 rings (SSSR count). The summed E-state index contributed by atoms with van der Waals surface area (Å²) < 4.78 is 5.22. The molecular formula is C17H29N3O. The van der Waals surface area contributed by atoms with Crippen molar-refractivity contribution in [2.24, 2.45) is 5.73 Å². The third-order valence-electron chi connectivity index (χ3n) is 4.49. The summed E-state index contributed by atoms with van der Waals surface area (Å²) in [5.41, 5.74) is 10.2. The van der Waals surface area contributed by atoms with E-state index in [0.29, 0.717) is 6.54 Å². The van der Waals surface area contributed by atoms with Gasteiger partial charge in [0.1, 0.15) is 0 Å². The number of methoxy groups -OCH3 is 1. The first-order valence-electron chi connectivity index (χ1n) is 7.98. The molecule has 118 valence electrons. The number of fused-ring (bicyclic) bond motifs is 1. The Morgan fingerprint density at radius 3 is 2.90 bits per heavy atom. The van der Waals surface area contributed by atoms with Gasteiger partial charge in [0.15, 0.2) is 0 Å². The smallest absolute Gasteiger partial charge is 0.0589 e. The summed E-state index contributed by atoms with van der Waals surface area (Å²) >= 11 is 0. The summed E-state index contributed by atoms with van der Waals surface area (Å²) in [6.45, 7) is 6.64. The van der Waals surface area contributed by atoms with E-state index in [9.17, 15) is 0 Å². The van der Waals surface area contributed by atoms with Crippen molar-refractivity contribution in [3.63, 3.8) is 0 Å². The van der Waals surface area contributed by atoms with Crippen LogP contribution >= 0.6 is 0 Å². The molecule has 1 aliphatic heterocycles. The molecule has 1 aromatic carbocycles. The molecule has 1 atom stereocenters. The van der Waals surface area contributed by atoms with Crippen LogP contribution in [0.1, 0.15) is 30.5 Å². The Morgan fingerprint density at radius 1 is 1.43 bits per heavy atom. The predicted molar refractivity (Wildman–Crippen MR) is 89.0 cm³/mol. The van der Waals surface area contributed by atoms with E-state index >= 15 is 0 Å². The Bertz CT molecular complexity index is 450. The second-order valence-electron chi connectivity index (χ2n) is 5.79. The van der Waals surface area contributed by atoms with Gasteiger partial charge in [-0.15, -0.1) is 0 Å². The molecule has 4 nitrogen and oxygen atoms in total.